The number of nitrogens with zero attached hydrogens (tertiary/aromatic N) is 1. The van der Waals surface area contributed by atoms with E-state index < -0.39 is 0 Å². The predicted molar refractivity (Wildman–Crippen MR) is 140 cm³/mol. The molecule has 0 amide bonds. The summed E-state index contributed by atoms with van der Waals surface area (Å²) in [6.45, 7) is 6.92. The van der Waals surface area contributed by atoms with Gasteiger partial charge in [0.05, 0.1) is 5.54 Å². The van der Waals surface area contributed by atoms with Crippen LogP contribution in [0.4, 0.5) is 0 Å². The normalized spacial score (nSPS) is 16.4. The van der Waals surface area contributed by atoms with E-state index in [0.717, 1.165) is 19.5 Å². The highest BCUT2D eigenvalue weighted by atomic mass is 15.1. The fourth-order valence-electron chi connectivity index (χ4n) is 5.08. The largest absolute Gasteiger partial charge is 0.317 e. The van der Waals surface area contributed by atoms with Crippen molar-refractivity contribution in [3.63, 3.8) is 0 Å². The second-order valence-electron chi connectivity index (χ2n) is 9.13. The van der Waals surface area contributed by atoms with Crippen molar-refractivity contribution in [2.24, 2.45) is 0 Å². The molecule has 3 aromatic carbocycles. The quantitative estimate of drug-likeness (QED) is 0.361. The van der Waals surface area contributed by atoms with Crippen LogP contribution in [0.2, 0.25) is 0 Å². The lowest BCUT2D eigenvalue weighted by atomic mass is 9.77. The van der Waals surface area contributed by atoms with Crippen LogP contribution in [-0.2, 0) is 5.54 Å². The van der Waals surface area contributed by atoms with Crippen LogP contribution in [0.3, 0.4) is 0 Å². The molecule has 0 saturated carbocycles. The molecule has 0 spiro atoms. The molecule has 1 aliphatic heterocycles. The van der Waals surface area contributed by atoms with Crippen molar-refractivity contribution in [3.8, 4) is 0 Å². The molecular formula is C30H39N3. The molecule has 174 valence electrons. The Balaban J connectivity index is 1.53. The number of hydrogen-bond donors (Lipinski definition) is 2. The van der Waals surface area contributed by atoms with E-state index in [1.165, 1.54) is 68.6 Å². The second-order valence-corrected chi connectivity index (χ2v) is 9.13. The minimum absolute atomic E-state index is 0.360. The first kappa shape index (κ1) is 23.7. The Bertz CT molecular complexity index is 804. The van der Waals surface area contributed by atoms with Crippen LogP contribution in [0.15, 0.2) is 91.0 Å². The Morgan fingerprint density at radius 1 is 0.636 bits per heavy atom. The summed E-state index contributed by atoms with van der Waals surface area (Å²) in [6, 6.07) is 32.8. The zero-order valence-corrected chi connectivity index (χ0v) is 19.9. The summed E-state index contributed by atoms with van der Waals surface area (Å²) in [5.74, 6) is 0. The van der Waals surface area contributed by atoms with E-state index in [-0.39, 0.29) is 5.54 Å². The fourth-order valence-corrected chi connectivity index (χ4v) is 5.08. The van der Waals surface area contributed by atoms with Crippen LogP contribution >= 0.6 is 0 Å². The molecule has 4 rings (SSSR count). The van der Waals surface area contributed by atoms with Gasteiger partial charge < -0.3 is 10.2 Å². The maximum Gasteiger partial charge on any atom is 0.0947 e. The maximum atomic E-state index is 4.04. The van der Waals surface area contributed by atoms with Gasteiger partial charge in [-0.25, -0.2) is 0 Å². The van der Waals surface area contributed by atoms with Crippen molar-refractivity contribution in [2.45, 2.75) is 37.6 Å². The van der Waals surface area contributed by atoms with E-state index >= 15 is 0 Å². The highest BCUT2D eigenvalue weighted by Gasteiger charge is 2.35. The van der Waals surface area contributed by atoms with E-state index in [1.54, 1.807) is 0 Å². The smallest absolute Gasteiger partial charge is 0.0947 e. The predicted octanol–water partition coefficient (Wildman–Crippen LogP) is 5.42. The molecule has 1 aliphatic rings. The van der Waals surface area contributed by atoms with Gasteiger partial charge in [0.1, 0.15) is 0 Å². The third kappa shape index (κ3) is 6.32. The lowest BCUT2D eigenvalue weighted by molar-refractivity contribution is 0.250. The van der Waals surface area contributed by atoms with Crippen molar-refractivity contribution in [2.75, 3.05) is 39.3 Å². The van der Waals surface area contributed by atoms with Gasteiger partial charge in [0.25, 0.3) is 0 Å². The van der Waals surface area contributed by atoms with E-state index in [0.29, 0.717) is 0 Å². The van der Waals surface area contributed by atoms with Crippen LogP contribution in [0.5, 0.6) is 0 Å². The average Bonchev–Trinajstić information content (AvgIpc) is 2.89. The number of benzene rings is 3. The number of hydrogen-bond acceptors (Lipinski definition) is 3. The molecule has 0 radical (unpaired) electrons. The van der Waals surface area contributed by atoms with E-state index in [9.17, 15) is 0 Å². The van der Waals surface area contributed by atoms with Gasteiger partial charge in [-0.15, -0.1) is 0 Å². The summed E-state index contributed by atoms with van der Waals surface area (Å²) in [6.07, 6.45) is 6.30. The van der Waals surface area contributed by atoms with Crippen LogP contribution in [0.25, 0.3) is 0 Å². The first-order valence-electron chi connectivity index (χ1n) is 12.7. The van der Waals surface area contributed by atoms with Crippen molar-refractivity contribution >= 4 is 0 Å². The zero-order valence-electron chi connectivity index (χ0n) is 19.9. The van der Waals surface area contributed by atoms with Gasteiger partial charge in [-0.1, -0.05) is 91.0 Å². The van der Waals surface area contributed by atoms with Crippen molar-refractivity contribution in [1.82, 2.24) is 15.5 Å². The molecule has 33 heavy (non-hydrogen) atoms. The van der Waals surface area contributed by atoms with E-state index in [2.05, 4.69) is 107 Å². The van der Waals surface area contributed by atoms with Crippen molar-refractivity contribution < 1.29 is 0 Å². The summed E-state index contributed by atoms with van der Waals surface area (Å²) in [4.78, 5) is 2.68. The molecule has 2 N–H and O–H groups in total. The molecule has 3 aromatic rings. The maximum absolute atomic E-state index is 4.04. The Morgan fingerprint density at radius 2 is 1.09 bits per heavy atom. The van der Waals surface area contributed by atoms with Gasteiger partial charge in [-0.3, -0.25) is 5.32 Å². The molecule has 0 bridgehead atoms. The van der Waals surface area contributed by atoms with Crippen LogP contribution in [0, 0.1) is 0 Å². The number of nitrogens with one attached hydrogen (secondary N) is 2. The molecule has 1 heterocycles. The monoisotopic (exact) mass is 441 g/mol. The standard InChI is InChI=1S/C30H39N3/c1-4-15-27(16-5-1)30(28-17-6-2-7-18-28,29-19-8-3-9-20-29)32-23-14-26-33-24-12-10-21-31-22-11-13-25-33/h1-9,15-20,31-32H,10-14,21-26H2. The summed E-state index contributed by atoms with van der Waals surface area (Å²) < 4.78 is 0. The molecule has 1 saturated heterocycles. The number of rotatable bonds is 8. The van der Waals surface area contributed by atoms with Gasteiger partial charge in [-0.2, -0.15) is 0 Å². The third-order valence-electron chi connectivity index (χ3n) is 6.82. The fraction of sp³-hybridized carbons (Fsp3) is 0.400. The SMILES string of the molecule is c1ccc(C(NCCCN2CCCCNCCCC2)(c2ccccc2)c2ccccc2)cc1. The van der Waals surface area contributed by atoms with Gasteiger partial charge in [-0.05, 0) is 88.1 Å². The van der Waals surface area contributed by atoms with E-state index in [1.807, 2.05) is 0 Å². The summed E-state index contributed by atoms with van der Waals surface area (Å²) >= 11 is 0. The molecule has 3 nitrogen and oxygen atoms in total. The highest BCUT2D eigenvalue weighted by Crippen LogP contribution is 2.36. The zero-order chi connectivity index (χ0) is 22.6. The van der Waals surface area contributed by atoms with Gasteiger partial charge in [0.15, 0.2) is 0 Å². The van der Waals surface area contributed by atoms with Crippen LogP contribution in [0.1, 0.15) is 48.8 Å². The summed E-state index contributed by atoms with van der Waals surface area (Å²) in [7, 11) is 0. The first-order chi connectivity index (χ1) is 16.4. The van der Waals surface area contributed by atoms with Crippen LogP contribution in [-0.4, -0.2) is 44.2 Å². The van der Waals surface area contributed by atoms with Gasteiger partial charge >= 0.3 is 0 Å². The Hall–Kier alpha value is -2.46. The lowest BCUT2D eigenvalue weighted by Gasteiger charge is -2.37. The second kappa shape index (κ2) is 12.7. The van der Waals surface area contributed by atoms with Crippen molar-refractivity contribution in [3.05, 3.63) is 108 Å². The van der Waals surface area contributed by atoms with Gasteiger partial charge in [0.2, 0.25) is 0 Å². The third-order valence-corrected chi connectivity index (χ3v) is 6.82. The highest BCUT2D eigenvalue weighted by molar-refractivity contribution is 5.49. The molecule has 1 fully saturated rings. The minimum atomic E-state index is -0.360. The first-order valence-corrected chi connectivity index (χ1v) is 12.7. The topological polar surface area (TPSA) is 27.3 Å². The van der Waals surface area contributed by atoms with Crippen LogP contribution < -0.4 is 10.6 Å². The molecule has 0 aliphatic carbocycles. The molecule has 0 atom stereocenters. The summed E-state index contributed by atoms with van der Waals surface area (Å²) in [5.41, 5.74) is 3.50. The molecular weight excluding hydrogens is 402 g/mol. The Labute approximate surface area is 200 Å². The summed E-state index contributed by atoms with van der Waals surface area (Å²) in [5, 5.41) is 7.59. The van der Waals surface area contributed by atoms with E-state index in [4.69, 9.17) is 0 Å². The Morgan fingerprint density at radius 3 is 1.55 bits per heavy atom. The molecule has 0 aromatic heterocycles. The average molecular weight is 442 g/mol. The Kier molecular flexibility index (Phi) is 9.11. The minimum Gasteiger partial charge on any atom is -0.317 e. The lowest BCUT2D eigenvalue weighted by Crippen LogP contribution is -2.45. The van der Waals surface area contributed by atoms with Crippen molar-refractivity contribution in [1.29, 1.82) is 0 Å². The van der Waals surface area contributed by atoms with Gasteiger partial charge in [0, 0.05) is 0 Å². The molecule has 0 unspecified atom stereocenters. The molecule has 3 heteroatoms.